The maximum absolute atomic E-state index is 12.8. The van der Waals surface area contributed by atoms with E-state index in [2.05, 4.69) is 32.3 Å². The molecular formula is C18H16IN3O3S. The fourth-order valence-electron chi connectivity index (χ4n) is 3.38. The molecule has 1 saturated heterocycles. The molecule has 26 heavy (non-hydrogen) atoms. The third kappa shape index (κ3) is 3.11. The molecule has 2 aliphatic heterocycles. The summed E-state index contributed by atoms with van der Waals surface area (Å²) in [6, 6.07) is 13.9. The van der Waals surface area contributed by atoms with Crippen molar-refractivity contribution in [3.8, 4) is 0 Å². The molecule has 0 unspecified atom stereocenters. The summed E-state index contributed by atoms with van der Waals surface area (Å²) in [6.07, 6.45) is 1.47. The van der Waals surface area contributed by atoms with Gasteiger partial charge in [-0.25, -0.2) is 0 Å². The van der Waals surface area contributed by atoms with Crippen molar-refractivity contribution in [2.45, 2.75) is 23.8 Å². The maximum Gasteiger partial charge on any atom is 0.285 e. The van der Waals surface area contributed by atoms with Crippen molar-refractivity contribution in [1.82, 2.24) is 4.90 Å². The molecule has 2 aromatic carbocycles. The van der Waals surface area contributed by atoms with Crippen molar-refractivity contribution in [1.29, 1.82) is 0 Å². The van der Waals surface area contributed by atoms with Crippen LogP contribution in [0.4, 0.5) is 5.69 Å². The van der Waals surface area contributed by atoms with E-state index in [1.807, 2.05) is 29.2 Å². The van der Waals surface area contributed by atoms with Crippen LogP contribution in [0.25, 0.3) is 0 Å². The molecule has 0 aromatic heterocycles. The van der Waals surface area contributed by atoms with Crippen LogP contribution in [-0.4, -0.2) is 37.6 Å². The summed E-state index contributed by atoms with van der Waals surface area (Å²) >= 11 is 2.19. The second-order valence-electron chi connectivity index (χ2n) is 6.24. The molecule has 0 saturated carbocycles. The number of likely N-dealkylation sites (tertiary alicyclic amines) is 1. The van der Waals surface area contributed by atoms with Crippen LogP contribution in [0.1, 0.15) is 18.4 Å². The Bertz CT molecular complexity index is 1020. The lowest BCUT2D eigenvalue weighted by molar-refractivity contribution is -0.119. The quantitative estimate of drug-likeness (QED) is 0.670. The van der Waals surface area contributed by atoms with Crippen LogP contribution in [-0.2, 0) is 14.8 Å². The first-order valence-electron chi connectivity index (χ1n) is 8.23. The van der Waals surface area contributed by atoms with E-state index in [0.29, 0.717) is 24.4 Å². The number of hydrogen-bond acceptors (Lipinski definition) is 4. The number of nitrogens with zero attached hydrogens (tertiary/aromatic N) is 2. The Balaban J connectivity index is 1.63. The minimum atomic E-state index is -3.69. The van der Waals surface area contributed by atoms with E-state index in [-0.39, 0.29) is 10.8 Å². The van der Waals surface area contributed by atoms with Crippen molar-refractivity contribution in [3.05, 3.63) is 57.7 Å². The average Bonchev–Trinajstić information content (AvgIpc) is 3.18. The predicted octanol–water partition coefficient (Wildman–Crippen LogP) is 2.84. The first kappa shape index (κ1) is 17.5. The number of halogens is 1. The van der Waals surface area contributed by atoms with E-state index < -0.39 is 16.1 Å². The zero-order chi connectivity index (χ0) is 18.3. The first-order chi connectivity index (χ1) is 12.5. The number of hydrogen-bond donors (Lipinski definition) is 1. The summed E-state index contributed by atoms with van der Waals surface area (Å²) < 4.78 is 29.6. The van der Waals surface area contributed by atoms with Gasteiger partial charge in [0.25, 0.3) is 10.0 Å². The predicted molar refractivity (Wildman–Crippen MR) is 108 cm³/mol. The molecule has 1 N–H and O–H groups in total. The average molecular weight is 481 g/mol. The minimum Gasteiger partial charge on any atom is -0.343 e. The number of nitrogens with one attached hydrogen (secondary N) is 1. The number of carbonyl (C=O) groups is 1. The Hall–Kier alpha value is -1.94. The van der Waals surface area contributed by atoms with E-state index in [9.17, 15) is 13.2 Å². The summed E-state index contributed by atoms with van der Waals surface area (Å²) in [4.78, 5) is 14.8. The molecule has 0 radical (unpaired) electrons. The Morgan fingerprint density at radius 3 is 2.81 bits per heavy atom. The Morgan fingerprint density at radius 2 is 2.00 bits per heavy atom. The lowest BCUT2D eigenvalue weighted by atomic mass is 10.1. The van der Waals surface area contributed by atoms with Gasteiger partial charge in [-0.2, -0.15) is 8.42 Å². The Labute approximate surface area is 165 Å². The van der Waals surface area contributed by atoms with Crippen molar-refractivity contribution in [2.75, 3.05) is 11.9 Å². The second kappa shape index (κ2) is 6.66. The van der Waals surface area contributed by atoms with Crippen LogP contribution in [0.5, 0.6) is 0 Å². The third-order valence-electron chi connectivity index (χ3n) is 4.53. The van der Waals surface area contributed by atoms with Crippen LogP contribution in [0.3, 0.4) is 0 Å². The summed E-state index contributed by atoms with van der Waals surface area (Å²) in [7, 11) is -3.69. The molecule has 8 heteroatoms. The maximum atomic E-state index is 12.8. The standard InChI is InChI=1S/C18H16IN3O3S/c19-12-5-3-6-13(11-12)20-18(23)15-8-4-10-22(15)17-14-7-1-2-9-16(14)26(24,25)21-17/h1-3,5-7,9,11,15H,4,8,10H2,(H,20,23)/t15-/m0/s1. The number of benzene rings is 2. The van der Waals surface area contributed by atoms with Crippen LogP contribution >= 0.6 is 22.6 Å². The summed E-state index contributed by atoms with van der Waals surface area (Å²) in [6.45, 7) is 0.604. The number of rotatable bonds is 2. The molecule has 2 aromatic rings. The van der Waals surface area contributed by atoms with Crippen LogP contribution < -0.4 is 5.32 Å². The van der Waals surface area contributed by atoms with E-state index in [4.69, 9.17) is 0 Å². The highest BCUT2D eigenvalue weighted by atomic mass is 127. The number of carbonyl (C=O) groups excluding carboxylic acids is 1. The van der Waals surface area contributed by atoms with Crippen LogP contribution in [0.15, 0.2) is 57.8 Å². The van der Waals surface area contributed by atoms with Gasteiger partial charge >= 0.3 is 0 Å². The van der Waals surface area contributed by atoms with Gasteiger partial charge < -0.3 is 10.2 Å². The zero-order valence-electron chi connectivity index (χ0n) is 13.7. The monoisotopic (exact) mass is 481 g/mol. The molecule has 0 spiro atoms. The molecule has 0 aliphatic carbocycles. The van der Waals surface area contributed by atoms with Gasteiger partial charge in [-0.1, -0.05) is 18.2 Å². The van der Waals surface area contributed by atoms with E-state index in [1.165, 1.54) is 0 Å². The van der Waals surface area contributed by atoms with E-state index >= 15 is 0 Å². The zero-order valence-corrected chi connectivity index (χ0v) is 16.7. The van der Waals surface area contributed by atoms with Crippen molar-refractivity contribution >= 4 is 50.0 Å². The van der Waals surface area contributed by atoms with Gasteiger partial charge in [-0.05, 0) is 65.8 Å². The molecule has 134 valence electrons. The number of amides is 1. The van der Waals surface area contributed by atoms with Gasteiger partial charge in [-0.15, -0.1) is 4.40 Å². The Morgan fingerprint density at radius 1 is 1.19 bits per heavy atom. The smallest absolute Gasteiger partial charge is 0.285 e. The van der Waals surface area contributed by atoms with Crippen LogP contribution in [0.2, 0.25) is 0 Å². The molecule has 1 amide bonds. The minimum absolute atomic E-state index is 0.144. The Kier molecular flexibility index (Phi) is 4.47. The van der Waals surface area contributed by atoms with Gasteiger partial charge in [-0.3, -0.25) is 4.79 Å². The highest BCUT2D eigenvalue weighted by Crippen LogP contribution is 2.31. The third-order valence-corrected chi connectivity index (χ3v) is 6.53. The molecule has 2 heterocycles. The highest BCUT2D eigenvalue weighted by Gasteiger charge is 2.39. The molecular weight excluding hydrogens is 465 g/mol. The molecule has 1 atom stereocenters. The van der Waals surface area contributed by atoms with Crippen LogP contribution in [0, 0.1) is 3.57 Å². The second-order valence-corrected chi connectivity index (χ2v) is 9.06. The number of sulfonamides is 1. The summed E-state index contributed by atoms with van der Waals surface area (Å²) in [5.41, 5.74) is 1.30. The fraction of sp³-hybridized carbons (Fsp3) is 0.222. The highest BCUT2D eigenvalue weighted by molar-refractivity contribution is 14.1. The van der Waals surface area contributed by atoms with Gasteiger partial charge in [0, 0.05) is 21.4 Å². The fourth-order valence-corrected chi connectivity index (χ4v) is 5.14. The van der Waals surface area contributed by atoms with Crippen molar-refractivity contribution in [3.63, 3.8) is 0 Å². The molecule has 2 aliphatic rings. The van der Waals surface area contributed by atoms with Gasteiger partial charge in [0.1, 0.15) is 10.9 Å². The number of anilines is 1. The summed E-state index contributed by atoms with van der Waals surface area (Å²) in [5.74, 6) is 0.231. The van der Waals surface area contributed by atoms with Crippen molar-refractivity contribution in [2.24, 2.45) is 4.40 Å². The van der Waals surface area contributed by atoms with E-state index in [1.54, 1.807) is 24.3 Å². The topological polar surface area (TPSA) is 78.8 Å². The summed E-state index contributed by atoms with van der Waals surface area (Å²) in [5, 5.41) is 2.93. The SMILES string of the molecule is O=C(Nc1cccc(I)c1)[C@@H]1CCCN1C1=NS(=O)(=O)c2ccccc21. The van der Waals surface area contributed by atoms with E-state index in [0.717, 1.165) is 15.7 Å². The first-order valence-corrected chi connectivity index (χ1v) is 10.7. The normalized spacial score (nSPS) is 20.6. The lowest BCUT2D eigenvalue weighted by Crippen LogP contribution is -2.43. The van der Waals surface area contributed by atoms with Gasteiger partial charge in [0.15, 0.2) is 5.84 Å². The molecule has 0 bridgehead atoms. The molecule has 6 nitrogen and oxygen atoms in total. The van der Waals surface area contributed by atoms with Gasteiger partial charge in [0.05, 0.1) is 0 Å². The largest absolute Gasteiger partial charge is 0.343 e. The molecule has 4 rings (SSSR count). The number of amidine groups is 1. The number of fused-ring (bicyclic) bond motifs is 1. The lowest BCUT2D eigenvalue weighted by Gasteiger charge is -2.25. The van der Waals surface area contributed by atoms with Crippen molar-refractivity contribution < 1.29 is 13.2 Å². The molecule has 1 fully saturated rings. The van der Waals surface area contributed by atoms with Gasteiger partial charge in [0.2, 0.25) is 5.91 Å².